The lowest BCUT2D eigenvalue weighted by atomic mass is 9.91. The Kier molecular flexibility index (Phi) is 4.87. The van der Waals surface area contributed by atoms with Gasteiger partial charge in [-0.1, -0.05) is 20.8 Å². The molecular weight excluding hydrogens is 288 g/mol. The van der Waals surface area contributed by atoms with E-state index in [4.69, 9.17) is 15.1 Å². The van der Waals surface area contributed by atoms with E-state index in [9.17, 15) is 0 Å². The number of rotatable bonds is 5. The average molecular weight is 318 g/mol. The maximum absolute atomic E-state index is 8.97. The Hall–Kier alpha value is -1.20. The van der Waals surface area contributed by atoms with Crippen LogP contribution in [0, 0.1) is 0 Å². The van der Waals surface area contributed by atoms with Gasteiger partial charge in [0.1, 0.15) is 11.6 Å². The maximum Gasteiger partial charge on any atom is 0.134 e. The molecule has 0 bridgehead atoms. The number of aliphatic hydroxyl groups is 1. The Morgan fingerprint density at radius 1 is 1.13 bits per heavy atom. The third-order valence-corrected chi connectivity index (χ3v) is 4.77. The molecule has 128 valence electrons. The van der Waals surface area contributed by atoms with Gasteiger partial charge in [0.05, 0.1) is 5.69 Å². The van der Waals surface area contributed by atoms with Crippen molar-refractivity contribution < 1.29 is 5.11 Å². The fraction of sp³-hybridized carbons (Fsp3) is 0.778. The van der Waals surface area contributed by atoms with E-state index in [-0.39, 0.29) is 12.0 Å². The normalized spacial score (nSPS) is 20.1. The Bertz CT molecular complexity index is 528. The molecule has 1 aliphatic heterocycles. The van der Waals surface area contributed by atoms with Gasteiger partial charge in [0.25, 0.3) is 0 Å². The van der Waals surface area contributed by atoms with Crippen LogP contribution in [0.3, 0.4) is 0 Å². The zero-order chi connectivity index (χ0) is 16.4. The highest BCUT2D eigenvalue weighted by Crippen LogP contribution is 2.39. The second kappa shape index (κ2) is 6.73. The summed E-state index contributed by atoms with van der Waals surface area (Å²) in [5.74, 6) is 2.74. The largest absolute Gasteiger partial charge is 0.396 e. The molecule has 0 amide bonds. The summed E-state index contributed by atoms with van der Waals surface area (Å²) in [7, 11) is 0. The minimum Gasteiger partial charge on any atom is -0.396 e. The predicted molar refractivity (Wildman–Crippen MR) is 93.1 cm³/mol. The van der Waals surface area contributed by atoms with Crippen molar-refractivity contribution in [1.82, 2.24) is 14.9 Å². The van der Waals surface area contributed by atoms with Crippen LogP contribution in [0.1, 0.15) is 57.5 Å². The van der Waals surface area contributed by atoms with Gasteiger partial charge < -0.3 is 10.0 Å². The van der Waals surface area contributed by atoms with Crippen molar-refractivity contribution in [2.45, 2.75) is 51.4 Å². The lowest BCUT2D eigenvalue weighted by Gasteiger charge is -2.36. The highest BCUT2D eigenvalue weighted by Gasteiger charge is 2.30. The van der Waals surface area contributed by atoms with Gasteiger partial charge >= 0.3 is 0 Å². The molecule has 0 spiro atoms. The number of aromatic nitrogens is 2. The molecule has 23 heavy (non-hydrogen) atoms. The van der Waals surface area contributed by atoms with E-state index in [1.165, 1.54) is 12.8 Å². The lowest BCUT2D eigenvalue weighted by Crippen LogP contribution is -2.47. The van der Waals surface area contributed by atoms with Crippen LogP contribution in [0.15, 0.2) is 6.07 Å². The van der Waals surface area contributed by atoms with Gasteiger partial charge in [0, 0.05) is 56.7 Å². The molecule has 1 aromatic heterocycles. The van der Waals surface area contributed by atoms with Gasteiger partial charge in [0.2, 0.25) is 0 Å². The minimum atomic E-state index is 0.0598. The Balaban J connectivity index is 1.73. The SMILES string of the molecule is CC(C)(C)c1cc(N2CCN(CCCO)CC2)nc(C2CC2)n1. The summed E-state index contributed by atoms with van der Waals surface area (Å²) in [5, 5.41) is 8.97. The molecule has 2 aliphatic rings. The monoisotopic (exact) mass is 318 g/mol. The van der Waals surface area contributed by atoms with Gasteiger partial charge in [-0.15, -0.1) is 0 Å². The first-order chi connectivity index (χ1) is 11.0. The molecule has 1 saturated carbocycles. The van der Waals surface area contributed by atoms with Crippen molar-refractivity contribution in [2.75, 3.05) is 44.2 Å². The van der Waals surface area contributed by atoms with Gasteiger partial charge in [-0.05, 0) is 19.3 Å². The van der Waals surface area contributed by atoms with Gasteiger partial charge in [-0.25, -0.2) is 9.97 Å². The van der Waals surface area contributed by atoms with Crippen LogP contribution < -0.4 is 4.90 Å². The molecule has 0 radical (unpaired) electrons. The van der Waals surface area contributed by atoms with Crippen molar-refractivity contribution in [3.8, 4) is 0 Å². The number of hydrogen-bond donors (Lipinski definition) is 1. The molecule has 1 aliphatic carbocycles. The summed E-state index contributed by atoms with van der Waals surface area (Å²) < 4.78 is 0. The fourth-order valence-corrected chi connectivity index (χ4v) is 3.02. The Labute approximate surface area is 139 Å². The lowest BCUT2D eigenvalue weighted by molar-refractivity contribution is 0.215. The first-order valence-corrected chi connectivity index (χ1v) is 8.95. The first-order valence-electron chi connectivity index (χ1n) is 8.95. The quantitative estimate of drug-likeness (QED) is 0.901. The standard InChI is InChI=1S/C18H30N4O/c1-18(2,3)15-13-16(20-17(19-15)14-5-6-14)22-10-8-21(9-11-22)7-4-12-23/h13-14,23H,4-12H2,1-3H3. The van der Waals surface area contributed by atoms with Gasteiger partial charge in [-0.3, -0.25) is 4.90 Å². The highest BCUT2D eigenvalue weighted by molar-refractivity contribution is 5.42. The maximum atomic E-state index is 8.97. The molecule has 0 atom stereocenters. The van der Waals surface area contributed by atoms with Crippen molar-refractivity contribution in [3.63, 3.8) is 0 Å². The highest BCUT2D eigenvalue weighted by atomic mass is 16.3. The van der Waals surface area contributed by atoms with Crippen LogP contribution in [0.5, 0.6) is 0 Å². The second-order valence-electron chi connectivity index (χ2n) is 7.90. The number of nitrogens with zero attached hydrogens (tertiary/aromatic N) is 4. The average Bonchev–Trinajstić information content (AvgIpc) is 3.37. The van der Waals surface area contributed by atoms with Gasteiger partial charge in [-0.2, -0.15) is 0 Å². The van der Waals surface area contributed by atoms with Crippen LogP contribution >= 0.6 is 0 Å². The Morgan fingerprint density at radius 3 is 2.39 bits per heavy atom. The molecule has 1 N–H and O–H groups in total. The van der Waals surface area contributed by atoms with Crippen LogP contribution in [-0.4, -0.2) is 59.3 Å². The van der Waals surface area contributed by atoms with E-state index in [1.807, 2.05) is 0 Å². The Morgan fingerprint density at radius 2 is 1.83 bits per heavy atom. The molecular formula is C18H30N4O. The predicted octanol–water partition coefficient (Wildman–Crippen LogP) is 2.16. The number of aliphatic hydroxyl groups excluding tert-OH is 1. The molecule has 5 heteroatoms. The van der Waals surface area contributed by atoms with E-state index in [0.29, 0.717) is 5.92 Å². The molecule has 5 nitrogen and oxygen atoms in total. The van der Waals surface area contributed by atoms with E-state index in [2.05, 4.69) is 36.6 Å². The topological polar surface area (TPSA) is 52.5 Å². The number of hydrogen-bond acceptors (Lipinski definition) is 5. The smallest absolute Gasteiger partial charge is 0.134 e. The molecule has 1 saturated heterocycles. The van der Waals surface area contributed by atoms with Crippen LogP contribution in [0.2, 0.25) is 0 Å². The molecule has 2 fully saturated rings. The third-order valence-electron chi connectivity index (χ3n) is 4.77. The molecule has 1 aromatic rings. The molecule has 2 heterocycles. The van der Waals surface area contributed by atoms with Crippen molar-refractivity contribution in [3.05, 3.63) is 17.6 Å². The number of anilines is 1. The summed E-state index contributed by atoms with van der Waals surface area (Å²) >= 11 is 0. The molecule has 0 aromatic carbocycles. The van der Waals surface area contributed by atoms with Crippen molar-refractivity contribution in [2.24, 2.45) is 0 Å². The first kappa shape index (κ1) is 16.7. The summed E-state index contributed by atoms with van der Waals surface area (Å²) in [5.41, 5.74) is 1.22. The summed E-state index contributed by atoms with van der Waals surface area (Å²) in [4.78, 5) is 14.5. The van der Waals surface area contributed by atoms with Crippen LogP contribution in [-0.2, 0) is 5.41 Å². The van der Waals surface area contributed by atoms with Crippen LogP contribution in [0.25, 0.3) is 0 Å². The summed E-state index contributed by atoms with van der Waals surface area (Å²) in [6, 6.07) is 2.19. The fourth-order valence-electron chi connectivity index (χ4n) is 3.02. The van der Waals surface area contributed by atoms with Crippen molar-refractivity contribution in [1.29, 1.82) is 0 Å². The number of piperazine rings is 1. The molecule has 3 rings (SSSR count). The van der Waals surface area contributed by atoms with Crippen molar-refractivity contribution >= 4 is 5.82 Å². The minimum absolute atomic E-state index is 0.0598. The van der Waals surface area contributed by atoms with E-state index in [1.54, 1.807) is 0 Å². The molecule has 0 unspecified atom stereocenters. The zero-order valence-electron chi connectivity index (χ0n) is 14.8. The summed E-state index contributed by atoms with van der Waals surface area (Å²) in [6.45, 7) is 12.1. The van der Waals surface area contributed by atoms with E-state index < -0.39 is 0 Å². The second-order valence-corrected chi connectivity index (χ2v) is 7.90. The van der Waals surface area contributed by atoms with E-state index in [0.717, 1.165) is 56.5 Å². The van der Waals surface area contributed by atoms with E-state index >= 15 is 0 Å². The van der Waals surface area contributed by atoms with Crippen LogP contribution in [0.4, 0.5) is 5.82 Å². The zero-order valence-corrected chi connectivity index (χ0v) is 14.8. The van der Waals surface area contributed by atoms with Gasteiger partial charge in [0.15, 0.2) is 0 Å². The summed E-state index contributed by atoms with van der Waals surface area (Å²) in [6.07, 6.45) is 3.34. The third kappa shape index (κ3) is 4.21.